The van der Waals surface area contributed by atoms with Crippen LogP contribution in [0.5, 0.6) is 0 Å². The summed E-state index contributed by atoms with van der Waals surface area (Å²) in [6, 6.07) is 3.45. The second-order valence-electron chi connectivity index (χ2n) is 8.68. The molecule has 26 heavy (non-hydrogen) atoms. The van der Waals surface area contributed by atoms with Crippen molar-refractivity contribution in [1.29, 1.82) is 0 Å². The molecule has 2 saturated heterocycles. The van der Waals surface area contributed by atoms with Crippen LogP contribution < -0.4 is 10.2 Å². The molecule has 4 heterocycles. The highest BCUT2D eigenvalue weighted by atomic mass is 16.2. The average molecular weight is 354 g/mol. The summed E-state index contributed by atoms with van der Waals surface area (Å²) in [5, 5.41) is 3.54. The highest BCUT2D eigenvalue weighted by Crippen LogP contribution is 2.33. The van der Waals surface area contributed by atoms with Gasteiger partial charge < -0.3 is 15.1 Å². The zero-order valence-corrected chi connectivity index (χ0v) is 15.6. The van der Waals surface area contributed by atoms with Crippen molar-refractivity contribution >= 4 is 11.7 Å². The largest absolute Gasteiger partial charge is 0.348 e. The fourth-order valence-electron chi connectivity index (χ4n) is 5.52. The number of anilines is 1. The van der Waals surface area contributed by atoms with Crippen molar-refractivity contribution in [2.75, 3.05) is 24.5 Å². The van der Waals surface area contributed by atoms with E-state index in [-0.39, 0.29) is 0 Å². The van der Waals surface area contributed by atoms with Gasteiger partial charge in [-0.25, -0.2) is 4.98 Å². The van der Waals surface area contributed by atoms with Crippen LogP contribution >= 0.6 is 0 Å². The van der Waals surface area contributed by atoms with Crippen LogP contribution in [-0.2, 0) is 17.8 Å². The van der Waals surface area contributed by atoms with Crippen molar-refractivity contribution in [3.63, 3.8) is 0 Å². The molecule has 140 valence electrons. The number of fused-ring (bicyclic) bond motifs is 3. The van der Waals surface area contributed by atoms with Gasteiger partial charge in [-0.3, -0.25) is 4.79 Å². The van der Waals surface area contributed by atoms with Crippen LogP contribution in [0, 0.1) is 5.92 Å². The summed E-state index contributed by atoms with van der Waals surface area (Å²) < 4.78 is 0. The highest BCUT2D eigenvalue weighted by Gasteiger charge is 2.37. The summed E-state index contributed by atoms with van der Waals surface area (Å²) >= 11 is 0. The van der Waals surface area contributed by atoms with Crippen LogP contribution in [0.2, 0.25) is 0 Å². The summed E-state index contributed by atoms with van der Waals surface area (Å²) in [5.41, 5.74) is 2.65. The predicted molar refractivity (Wildman–Crippen MR) is 102 cm³/mol. The zero-order valence-electron chi connectivity index (χ0n) is 15.6. The van der Waals surface area contributed by atoms with Gasteiger partial charge in [0.25, 0.3) is 0 Å². The summed E-state index contributed by atoms with van der Waals surface area (Å²) in [6.45, 7) is 3.78. The molecule has 1 aromatic rings. The van der Waals surface area contributed by atoms with Crippen molar-refractivity contribution in [1.82, 2.24) is 15.2 Å². The first kappa shape index (κ1) is 16.5. The summed E-state index contributed by atoms with van der Waals surface area (Å²) in [7, 11) is 0. The maximum Gasteiger partial charge on any atom is 0.223 e. The van der Waals surface area contributed by atoms with Gasteiger partial charge in [-0.05, 0) is 55.2 Å². The molecule has 0 spiro atoms. The molecule has 2 atom stereocenters. The molecule has 1 aromatic heterocycles. The molecule has 1 N–H and O–H groups in total. The molecular weight excluding hydrogens is 324 g/mol. The maximum absolute atomic E-state index is 12.8. The van der Waals surface area contributed by atoms with E-state index in [1.807, 2.05) is 0 Å². The molecule has 1 amide bonds. The van der Waals surface area contributed by atoms with E-state index in [4.69, 9.17) is 4.98 Å². The lowest BCUT2D eigenvalue weighted by Gasteiger charge is -2.37. The summed E-state index contributed by atoms with van der Waals surface area (Å²) in [6.07, 6.45) is 11.4. The Morgan fingerprint density at radius 3 is 2.65 bits per heavy atom. The number of carbonyl (C=O) groups is 1. The van der Waals surface area contributed by atoms with E-state index in [2.05, 4.69) is 27.4 Å². The molecule has 2 bridgehead atoms. The quantitative estimate of drug-likeness (QED) is 0.906. The lowest BCUT2D eigenvalue weighted by Crippen LogP contribution is -2.52. The van der Waals surface area contributed by atoms with E-state index >= 15 is 0 Å². The standard InChI is InChI=1S/C21H30N4O/c26-21(9-15-3-1-2-4-15)24-8-7-16-11-23-20(10-17(16)14-24)25-18-5-6-19(25)13-22-12-18/h10-11,15,18-19,22H,1-9,12-14H2. The van der Waals surface area contributed by atoms with Gasteiger partial charge in [-0.1, -0.05) is 12.8 Å². The molecule has 1 aliphatic carbocycles. The second kappa shape index (κ2) is 6.84. The molecular formula is C21H30N4O. The number of nitrogens with one attached hydrogen (secondary N) is 1. The van der Waals surface area contributed by atoms with E-state index < -0.39 is 0 Å². The Balaban J connectivity index is 1.31. The van der Waals surface area contributed by atoms with Gasteiger partial charge in [0.2, 0.25) is 5.91 Å². The summed E-state index contributed by atoms with van der Waals surface area (Å²) in [4.78, 5) is 22.2. The van der Waals surface area contributed by atoms with Gasteiger partial charge in [-0.15, -0.1) is 0 Å². The number of hydrogen-bond donors (Lipinski definition) is 1. The lowest BCUT2D eigenvalue weighted by atomic mass is 9.99. The Kier molecular flexibility index (Phi) is 4.35. The van der Waals surface area contributed by atoms with Crippen molar-refractivity contribution < 1.29 is 4.79 Å². The van der Waals surface area contributed by atoms with Crippen molar-refractivity contribution in [2.45, 2.75) is 70.0 Å². The lowest BCUT2D eigenvalue weighted by molar-refractivity contribution is -0.133. The first-order chi connectivity index (χ1) is 12.8. The number of aromatic nitrogens is 1. The predicted octanol–water partition coefficient (Wildman–Crippen LogP) is 2.49. The van der Waals surface area contributed by atoms with Crippen LogP contribution in [-0.4, -0.2) is 47.5 Å². The molecule has 3 aliphatic heterocycles. The first-order valence-corrected chi connectivity index (χ1v) is 10.5. The Labute approximate surface area is 156 Å². The van der Waals surface area contributed by atoms with E-state index in [9.17, 15) is 4.79 Å². The SMILES string of the molecule is O=C(CC1CCCC1)N1CCc2cnc(N3C4CCC3CNC4)cc2C1. The third-order valence-electron chi connectivity index (χ3n) is 7.02. The fraction of sp³-hybridized carbons (Fsp3) is 0.714. The van der Waals surface area contributed by atoms with Gasteiger partial charge in [0.1, 0.15) is 5.82 Å². The first-order valence-electron chi connectivity index (χ1n) is 10.5. The van der Waals surface area contributed by atoms with Gasteiger partial charge in [0.05, 0.1) is 0 Å². The van der Waals surface area contributed by atoms with Crippen molar-refractivity contribution in [3.05, 3.63) is 23.4 Å². The van der Waals surface area contributed by atoms with Crippen LogP contribution in [0.15, 0.2) is 12.3 Å². The molecule has 2 unspecified atom stereocenters. The Hall–Kier alpha value is -1.62. The minimum absolute atomic E-state index is 0.364. The van der Waals surface area contributed by atoms with Gasteiger partial charge in [0, 0.05) is 50.9 Å². The van der Waals surface area contributed by atoms with Crippen LogP contribution in [0.25, 0.3) is 0 Å². The Bertz CT molecular complexity index is 669. The Morgan fingerprint density at radius 2 is 1.88 bits per heavy atom. The number of hydrogen-bond acceptors (Lipinski definition) is 4. The number of piperazine rings is 1. The van der Waals surface area contributed by atoms with E-state index in [0.717, 1.165) is 44.8 Å². The number of amides is 1. The van der Waals surface area contributed by atoms with Crippen LogP contribution in [0.4, 0.5) is 5.82 Å². The number of carbonyl (C=O) groups excluding carboxylic acids is 1. The Morgan fingerprint density at radius 1 is 1.12 bits per heavy atom. The normalized spacial score (nSPS) is 28.5. The molecule has 5 heteroatoms. The zero-order chi connectivity index (χ0) is 17.5. The molecule has 3 fully saturated rings. The molecule has 4 aliphatic rings. The molecule has 0 radical (unpaired) electrons. The van der Waals surface area contributed by atoms with E-state index in [1.54, 1.807) is 0 Å². The number of rotatable bonds is 3. The monoisotopic (exact) mass is 354 g/mol. The number of nitrogens with zero attached hydrogens (tertiary/aromatic N) is 3. The van der Waals surface area contributed by atoms with Gasteiger partial charge in [0.15, 0.2) is 0 Å². The fourth-order valence-corrected chi connectivity index (χ4v) is 5.52. The maximum atomic E-state index is 12.8. The minimum Gasteiger partial charge on any atom is -0.348 e. The van der Waals surface area contributed by atoms with E-state index in [1.165, 1.54) is 49.7 Å². The smallest absolute Gasteiger partial charge is 0.223 e. The second-order valence-corrected chi connectivity index (χ2v) is 8.68. The average Bonchev–Trinajstić information content (AvgIpc) is 3.26. The third kappa shape index (κ3) is 3.00. The van der Waals surface area contributed by atoms with Crippen molar-refractivity contribution in [2.24, 2.45) is 5.92 Å². The summed E-state index contributed by atoms with van der Waals surface area (Å²) in [5.74, 6) is 2.12. The molecule has 5 nitrogen and oxygen atoms in total. The topological polar surface area (TPSA) is 48.5 Å². The van der Waals surface area contributed by atoms with Crippen LogP contribution in [0.3, 0.4) is 0 Å². The highest BCUT2D eigenvalue weighted by molar-refractivity contribution is 5.77. The van der Waals surface area contributed by atoms with Crippen molar-refractivity contribution in [3.8, 4) is 0 Å². The van der Waals surface area contributed by atoms with Gasteiger partial charge >= 0.3 is 0 Å². The third-order valence-corrected chi connectivity index (χ3v) is 7.02. The number of pyridine rings is 1. The van der Waals surface area contributed by atoms with E-state index in [0.29, 0.717) is 23.9 Å². The van der Waals surface area contributed by atoms with Crippen LogP contribution in [0.1, 0.15) is 56.1 Å². The molecule has 0 aromatic carbocycles. The molecule has 5 rings (SSSR count). The van der Waals surface area contributed by atoms with Gasteiger partial charge in [-0.2, -0.15) is 0 Å². The molecule has 1 saturated carbocycles. The minimum atomic E-state index is 0.364.